The van der Waals surface area contributed by atoms with E-state index in [2.05, 4.69) is 5.32 Å². The van der Waals surface area contributed by atoms with Gasteiger partial charge >= 0.3 is 0 Å². The van der Waals surface area contributed by atoms with Gasteiger partial charge in [-0.2, -0.15) is 0 Å². The van der Waals surface area contributed by atoms with Gasteiger partial charge in [-0.3, -0.25) is 9.10 Å². The van der Waals surface area contributed by atoms with E-state index in [1.165, 1.54) is 23.9 Å². The number of hydrogen-bond donors (Lipinski definition) is 1. The number of carbonyl (C=O) groups is 1. The lowest BCUT2D eigenvalue weighted by molar-refractivity contribution is -0.119. The highest BCUT2D eigenvalue weighted by Crippen LogP contribution is 2.33. The molecule has 0 saturated carbocycles. The Hall–Kier alpha value is -2.39. The lowest BCUT2D eigenvalue weighted by atomic mass is 10.2. The van der Waals surface area contributed by atoms with Crippen molar-refractivity contribution >= 4 is 56.6 Å². The van der Waals surface area contributed by atoms with Crippen molar-refractivity contribution < 1.29 is 17.9 Å². The average Bonchev–Trinajstić information content (AvgIpc) is 2.82. The molecule has 180 valence electrons. The first kappa shape index (κ1) is 26.2. The minimum Gasteiger partial charge on any atom is -0.492 e. The van der Waals surface area contributed by atoms with Gasteiger partial charge in [-0.15, -0.1) is 11.8 Å². The number of amides is 1. The van der Waals surface area contributed by atoms with Gasteiger partial charge in [0.25, 0.3) is 10.0 Å². The van der Waals surface area contributed by atoms with Gasteiger partial charge in [0.2, 0.25) is 5.91 Å². The van der Waals surface area contributed by atoms with Crippen LogP contribution in [0.25, 0.3) is 0 Å². The molecule has 0 saturated heterocycles. The zero-order chi connectivity index (χ0) is 24.7. The molecule has 0 aliphatic heterocycles. The highest BCUT2D eigenvalue weighted by atomic mass is 35.5. The number of sulfonamides is 1. The summed E-state index contributed by atoms with van der Waals surface area (Å²) in [6.45, 7) is 1.83. The van der Waals surface area contributed by atoms with Gasteiger partial charge in [-0.1, -0.05) is 41.4 Å². The molecule has 3 rings (SSSR count). The van der Waals surface area contributed by atoms with Crippen LogP contribution in [0, 0.1) is 0 Å². The fourth-order valence-corrected chi connectivity index (χ4v) is 5.48. The first-order valence-electron chi connectivity index (χ1n) is 10.4. The number of ether oxygens (including phenoxy) is 1. The fraction of sp³-hybridized carbons (Fsp3) is 0.208. The van der Waals surface area contributed by atoms with Crippen molar-refractivity contribution in [2.75, 3.05) is 23.7 Å². The number of nitrogens with one attached hydrogen (secondary N) is 1. The number of thioether (sulfide) groups is 1. The van der Waals surface area contributed by atoms with Crippen LogP contribution in [0.1, 0.15) is 12.5 Å². The molecule has 0 aromatic heterocycles. The van der Waals surface area contributed by atoms with E-state index in [1.54, 1.807) is 61.5 Å². The van der Waals surface area contributed by atoms with Crippen LogP contribution < -0.4 is 14.4 Å². The zero-order valence-corrected chi connectivity index (χ0v) is 21.8. The molecule has 34 heavy (non-hydrogen) atoms. The summed E-state index contributed by atoms with van der Waals surface area (Å²) >= 11 is 13.6. The maximum atomic E-state index is 13.6. The summed E-state index contributed by atoms with van der Waals surface area (Å²) in [5.41, 5.74) is 0.939. The summed E-state index contributed by atoms with van der Waals surface area (Å²) in [7, 11) is -4.07. The van der Waals surface area contributed by atoms with Crippen LogP contribution in [-0.2, 0) is 21.4 Å². The highest BCUT2D eigenvalue weighted by Gasteiger charge is 2.29. The van der Waals surface area contributed by atoms with Crippen molar-refractivity contribution in [3.05, 3.63) is 82.3 Å². The number of nitrogens with zero attached hydrogens (tertiary/aromatic N) is 1. The summed E-state index contributed by atoms with van der Waals surface area (Å²) < 4.78 is 34.0. The lowest BCUT2D eigenvalue weighted by Gasteiger charge is -2.26. The Morgan fingerprint density at radius 3 is 2.41 bits per heavy atom. The predicted molar refractivity (Wildman–Crippen MR) is 139 cm³/mol. The first-order chi connectivity index (χ1) is 16.3. The molecule has 3 aromatic carbocycles. The van der Waals surface area contributed by atoms with E-state index in [4.69, 9.17) is 27.9 Å². The molecule has 1 amide bonds. The number of rotatable bonds is 10. The monoisotopic (exact) mass is 538 g/mol. The molecule has 0 atom stereocenters. The van der Waals surface area contributed by atoms with Crippen LogP contribution in [0.3, 0.4) is 0 Å². The van der Waals surface area contributed by atoms with Gasteiger partial charge in [0.05, 0.1) is 17.2 Å². The highest BCUT2D eigenvalue weighted by molar-refractivity contribution is 7.98. The summed E-state index contributed by atoms with van der Waals surface area (Å²) in [6, 6.07) is 18.2. The second kappa shape index (κ2) is 11.8. The van der Waals surface area contributed by atoms with E-state index in [9.17, 15) is 13.2 Å². The zero-order valence-electron chi connectivity index (χ0n) is 18.6. The Morgan fingerprint density at radius 2 is 1.76 bits per heavy atom. The van der Waals surface area contributed by atoms with Crippen LogP contribution >= 0.6 is 35.0 Å². The van der Waals surface area contributed by atoms with E-state index in [0.717, 1.165) is 9.20 Å². The second-order valence-electron chi connectivity index (χ2n) is 7.10. The Kier molecular flexibility index (Phi) is 9.13. The first-order valence-corrected chi connectivity index (χ1v) is 13.8. The van der Waals surface area contributed by atoms with E-state index >= 15 is 0 Å². The number of para-hydroxylation sites is 2. The molecular formula is C24H24Cl2N2O4S2. The number of hydrogen-bond acceptors (Lipinski definition) is 5. The summed E-state index contributed by atoms with van der Waals surface area (Å²) in [5.74, 6) is -0.135. The maximum absolute atomic E-state index is 13.6. The molecule has 0 bridgehead atoms. The van der Waals surface area contributed by atoms with E-state index in [1.807, 2.05) is 6.26 Å². The van der Waals surface area contributed by atoms with E-state index in [-0.39, 0.29) is 17.1 Å². The third-order valence-corrected chi connectivity index (χ3v) is 7.96. The van der Waals surface area contributed by atoms with Crippen molar-refractivity contribution in [3.63, 3.8) is 0 Å². The summed E-state index contributed by atoms with van der Waals surface area (Å²) in [4.78, 5) is 13.9. The summed E-state index contributed by atoms with van der Waals surface area (Å²) in [5, 5.41) is 3.63. The largest absolute Gasteiger partial charge is 0.492 e. The van der Waals surface area contributed by atoms with Crippen LogP contribution in [0.4, 0.5) is 5.69 Å². The van der Waals surface area contributed by atoms with Gasteiger partial charge in [0.1, 0.15) is 12.3 Å². The van der Waals surface area contributed by atoms with Gasteiger partial charge < -0.3 is 10.1 Å². The Labute approximate surface area is 214 Å². The van der Waals surface area contributed by atoms with Crippen LogP contribution in [0.15, 0.2) is 76.5 Å². The third-order valence-electron chi connectivity index (χ3n) is 4.86. The van der Waals surface area contributed by atoms with Crippen molar-refractivity contribution in [1.29, 1.82) is 0 Å². The minimum atomic E-state index is -4.07. The normalized spacial score (nSPS) is 11.2. The smallest absolute Gasteiger partial charge is 0.264 e. The molecule has 0 unspecified atom stereocenters. The molecular weight excluding hydrogens is 515 g/mol. The topological polar surface area (TPSA) is 75.7 Å². The lowest BCUT2D eigenvalue weighted by Crippen LogP contribution is -2.41. The number of carbonyl (C=O) groups excluding carboxylic acids is 1. The molecule has 0 aliphatic carbocycles. The summed E-state index contributed by atoms with van der Waals surface area (Å²) in [6.07, 6.45) is 1.91. The van der Waals surface area contributed by atoms with Crippen LogP contribution in [0.5, 0.6) is 5.75 Å². The van der Waals surface area contributed by atoms with Crippen LogP contribution in [-0.4, -0.2) is 33.7 Å². The Balaban J connectivity index is 1.92. The molecule has 3 aromatic rings. The van der Waals surface area contributed by atoms with E-state index < -0.39 is 22.5 Å². The van der Waals surface area contributed by atoms with Gasteiger partial charge in [-0.25, -0.2) is 8.42 Å². The van der Waals surface area contributed by atoms with Crippen LogP contribution in [0.2, 0.25) is 10.0 Å². The van der Waals surface area contributed by atoms with Crippen molar-refractivity contribution in [2.45, 2.75) is 23.3 Å². The third kappa shape index (κ3) is 6.39. The van der Waals surface area contributed by atoms with Gasteiger partial charge in [0, 0.05) is 21.5 Å². The molecule has 0 heterocycles. The fourth-order valence-electron chi connectivity index (χ4n) is 3.16. The molecule has 0 spiro atoms. The molecule has 6 nitrogen and oxygen atoms in total. The molecule has 10 heteroatoms. The molecule has 0 aliphatic rings. The second-order valence-corrected chi connectivity index (χ2v) is 10.7. The standard InChI is InChI=1S/C24H24Cl2N2O4S2/c1-3-32-23-7-5-4-6-22(23)28(34(30,31)20-12-10-19(33-2)11-13-20)16-24(29)27-15-17-8-9-18(25)14-21(17)26/h4-14H,3,15-16H2,1-2H3,(H,27,29). The molecule has 0 fully saturated rings. The number of halogens is 2. The molecule has 0 radical (unpaired) electrons. The Bertz CT molecular complexity index is 1250. The van der Waals surface area contributed by atoms with Crippen molar-refractivity contribution in [3.8, 4) is 5.75 Å². The van der Waals surface area contributed by atoms with E-state index in [0.29, 0.717) is 28.0 Å². The van der Waals surface area contributed by atoms with Gasteiger partial charge in [0.15, 0.2) is 0 Å². The quantitative estimate of drug-likeness (QED) is 0.338. The maximum Gasteiger partial charge on any atom is 0.264 e. The number of anilines is 1. The van der Waals surface area contributed by atoms with Gasteiger partial charge in [-0.05, 0) is 67.3 Å². The average molecular weight is 540 g/mol. The van der Waals surface area contributed by atoms with Crippen molar-refractivity contribution in [2.24, 2.45) is 0 Å². The minimum absolute atomic E-state index is 0.0742. The number of benzene rings is 3. The SMILES string of the molecule is CCOc1ccccc1N(CC(=O)NCc1ccc(Cl)cc1Cl)S(=O)(=O)c1ccc(SC)cc1. The van der Waals surface area contributed by atoms with Crippen molar-refractivity contribution in [1.82, 2.24) is 5.32 Å². The molecule has 1 N–H and O–H groups in total. The predicted octanol–water partition coefficient (Wildman–Crippen LogP) is 5.63. The Morgan fingerprint density at radius 1 is 1.06 bits per heavy atom.